The maximum absolute atomic E-state index is 12.4. The molecule has 4 rings (SSSR count). The van der Waals surface area contributed by atoms with E-state index in [2.05, 4.69) is 0 Å². The molecule has 0 saturated heterocycles. The average Bonchev–Trinajstić information content (AvgIpc) is 2.98. The average molecular weight is 505 g/mol. The number of ether oxygens (including phenoxy) is 2. The third-order valence-corrected chi connectivity index (χ3v) is 5.62. The minimum atomic E-state index is -0.840. The van der Waals surface area contributed by atoms with Gasteiger partial charge in [0.15, 0.2) is 11.6 Å². The lowest BCUT2D eigenvalue weighted by molar-refractivity contribution is 0.0626. The number of aliphatic hydroxyl groups is 1. The van der Waals surface area contributed by atoms with Gasteiger partial charge in [0.05, 0.1) is 0 Å². The number of hydrogen-bond donors (Lipinski definition) is 1. The van der Waals surface area contributed by atoms with Crippen molar-refractivity contribution in [3.63, 3.8) is 0 Å². The predicted octanol–water partition coefficient (Wildman–Crippen LogP) is 6.30. The number of allylic oxidation sites excluding steroid dienone is 2. The molecule has 0 radical (unpaired) electrons. The summed E-state index contributed by atoms with van der Waals surface area (Å²) >= 11 is 0. The standard InChI is InChI=1S/C33H28O5/c34-29(23-37-30-17-11-26(12-18-30)14-22-32(35)27-9-5-2-6-10-27)24-38-31-19-15-28(16-20-31)33(36)21-13-25-7-3-1-4-8-25/h1-22,29,34H,23-24H2/b21-13+,22-14+. The van der Waals surface area contributed by atoms with Crippen LogP contribution in [0.4, 0.5) is 0 Å². The largest absolute Gasteiger partial charge is 0.491 e. The molecule has 1 unspecified atom stereocenters. The molecule has 5 heteroatoms. The Bertz CT molecular complexity index is 1370. The second-order valence-corrected chi connectivity index (χ2v) is 8.54. The van der Waals surface area contributed by atoms with Crippen LogP contribution in [0, 0.1) is 0 Å². The van der Waals surface area contributed by atoms with E-state index in [9.17, 15) is 14.7 Å². The Morgan fingerprint density at radius 1 is 0.579 bits per heavy atom. The molecule has 5 nitrogen and oxygen atoms in total. The van der Waals surface area contributed by atoms with E-state index in [0.717, 1.165) is 11.1 Å². The van der Waals surface area contributed by atoms with Crippen LogP contribution in [0.15, 0.2) is 121 Å². The first-order valence-corrected chi connectivity index (χ1v) is 12.3. The fraction of sp³-hybridized carbons (Fsp3) is 0.0909. The van der Waals surface area contributed by atoms with Gasteiger partial charge in [-0.3, -0.25) is 9.59 Å². The fourth-order valence-electron chi connectivity index (χ4n) is 3.53. The number of hydrogen-bond acceptors (Lipinski definition) is 5. The molecule has 0 spiro atoms. The van der Waals surface area contributed by atoms with Gasteiger partial charge in [-0.15, -0.1) is 0 Å². The van der Waals surface area contributed by atoms with E-state index in [0.29, 0.717) is 22.6 Å². The minimum absolute atomic E-state index is 0.0453. The van der Waals surface area contributed by atoms with Crippen molar-refractivity contribution in [1.29, 1.82) is 0 Å². The highest BCUT2D eigenvalue weighted by atomic mass is 16.5. The molecule has 190 valence electrons. The van der Waals surface area contributed by atoms with Crippen LogP contribution >= 0.6 is 0 Å². The van der Waals surface area contributed by atoms with Crippen molar-refractivity contribution in [2.24, 2.45) is 0 Å². The first-order valence-electron chi connectivity index (χ1n) is 12.3. The minimum Gasteiger partial charge on any atom is -0.491 e. The second kappa shape index (κ2) is 13.5. The second-order valence-electron chi connectivity index (χ2n) is 8.54. The Morgan fingerprint density at radius 3 is 1.53 bits per heavy atom. The summed E-state index contributed by atoms with van der Waals surface area (Å²) in [7, 11) is 0. The molecule has 1 atom stereocenters. The van der Waals surface area contributed by atoms with Crippen molar-refractivity contribution in [3.05, 3.63) is 144 Å². The number of carbonyl (C=O) groups is 2. The quantitative estimate of drug-likeness (QED) is 0.181. The summed E-state index contributed by atoms with van der Waals surface area (Å²) in [6.45, 7) is 0.103. The predicted molar refractivity (Wildman–Crippen MR) is 149 cm³/mol. The molecule has 0 aliphatic heterocycles. The number of rotatable bonds is 12. The summed E-state index contributed by atoms with van der Waals surface area (Å²) in [5.41, 5.74) is 3.01. The first kappa shape index (κ1) is 26.3. The Hall–Kier alpha value is -4.74. The van der Waals surface area contributed by atoms with Crippen LogP contribution in [0.5, 0.6) is 11.5 Å². The molecule has 0 amide bonds. The van der Waals surface area contributed by atoms with Gasteiger partial charge in [-0.25, -0.2) is 0 Å². The zero-order valence-corrected chi connectivity index (χ0v) is 20.8. The van der Waals surface area contributed by atoms with Crippen LogP contribution in [0.25, 0.3) is 12.2 Å². The van der Waals surface area contributed by atoms with E-state index in [4.69, 9.17) is 9.47 Å². The Kier molecular flexibility index (Phi) is 9.38. The number of ketones is 2. The molecule has 0 saturated carbocycles. The lowest BCUT2D eigenvalue weighted by atomic mass is 10.1. The maximum Gasteiger partial charge on any atom is 0.185 e. The molecule has 0 aliphatic rings. The lowest BCUT2D eigenvalue weighted by Crippen LogP contribution is -2.25. The summed E-state index contributed by atoms with van der Waals surface area (Å²) in [6.07, 6.45) is 5.77. The van der Waals surface area contributed by atoms with Gasteiger partial charge in [0.1, 0.15) is 30.8 Å². The van der Waals surface area contributed by atoms with Gasteiger partial charge in [-0.1, -0.05) is 84.9 Å². The first-order chi connectivity index (χ1) is 18.6. The van der Waals surface area contributed by atoms with E-state index >= 15 is 0 Å². The molecule has 0 aliphatic carbocycles. The van der Waals surface area contributed by atoms with Crippen molar-refractivity contribution in [2.75, 3.05) is 13.2 Å². The molecular formula is C33H28O5. The molecule has 4 aromatic rings. The van der Waals surface area contributed by atoms with Crippen LogP contribution in [-0.4, -0.2) is 36.0 Å². The van der Waals surface area contributed by atoms with E-state index in [1.807, 2.05) is 60.7 Å². The molecule has 0 bridgehead atoms. The topological polar surface area (TPSA) is 72.8 Å². The van der Waals surface area contributed by atoms with E-state index in [1.165, 1.54) is 6.08 Å². The van der Waals surface area contributed by atoms with Crippen molar-refractivity contribution in [1.82, 2.24) is 0 Å². The molecule has 0 aromatic heterocycles. The summed E-state index contributed by atoms with van der Waals surface area (Å²) in [5, 5.41) is 10.2. The lowest BCUT2D eigenvalue weighted by Gasteiger charge is -2.14. The Labute approximate surface area is 222 Å². The Morgan fingerprint density at radius 2 is 1.00 bits per heavy atom. The number of aliphatic hydroxyl groups excluding tert-OH is 1. The van der Waals surface area contributed by atoms with Crippen LogP contribution in [0.3, 0.4) is 0 Å². The van der Waals surface area contributed by atoms with Crippen molar-refractivity contribution < 1.29 is 24.2 Å². The SMILES string of the molecule is O=C(/C=C/c1ccc(OCC(O)COc2ccc(C(=O)/C=C/c3ccccc3)cc2)cc1)c1ccccc1. The summed E-state index contributed by atoms with van der Waals surface area (Å²) in [6, 6.07) is 32.7. The molecule has 0 heterocycles. The van der Waals surface area contributed by atoms with Crippen LogP contribution in [0.1, 0.15) is 31.8 Å². The fourth-order valence-corrected chi connectivity index (χ4v) is 3.53. The van der Waals surface area contributed by atoms with E-state index in [1.54, 1.807) is 66.8 Å². The van der Waals surface area contributed by atoms with Gasteiger partial charge < -0.3 is 14.6 Å². The monoisotopic (exact) mass is 504 g/mol. The smallest absolute Gasteiger partial charge is 0.185 e. The molecule has 4 aromatic carbocycles. The van der Waals surface area contributed by atoms with Crippen molar-refractivity contribution in [2.45, 2.75) is 6.10 Å². The van der Waals surface area contributed by atoms with Crippen molar-refractivity contribution >= 4 is 23.7 Å². The van der Waals surface area contributed by atoms with Gasteiger partial charge in [-0.2, -0.15) is 0 Å². The number of benzene rings is 4. The molecule has 1 N–H and O–H groups in total. The van der Waals surface area contributed by atoms with E-state index in [-0.39, 0.29) is 24.8 Å². The van der Waals surface area contributed by atoms with Gasteiger partial charge in [-0.05, 0) is 59.7 Å². The highest BCUT2D eigenvalue weighted by Gasteiger charge is 2.08. The van der Waals surface area contributed by atoms with Gasteiger partial charge in [0.25, 0.3) is 0 Å². The zero-order chi connectivity index (χ0) is 26.6. The highest BCUT2D eigenvalue weighted by Crippen LogP contribution is 2.16. The highest BCUT2D eigenvalue weighted by molar-refractivity contribution is 6.07. The molecular weight excluding hydrogens is 476 g/mol. The van der Waals surface area contributed by atoms with Gasteiger partial charge in [0.2, 0.25) is 0 Å². The third-order valence-electron chi connectivity index (χ3n) is 5.62. The van der Waals surface area contributed by atoms with E-state index < -0.39 is 6.10 Å². The van der Waals surface area contributed by atoms with Crippen LogP contribution < -0.4 is 9.47 Å². The summed E-state index contributed by atoms with van der Waals surface area (Å²) in [5.74, 6) is 0.990. The molecule has 38 heavy (non-hydrogen) atoms. The summed E-state index contributed by atoms with van der Waals surface area (Å²) in [4.78, 5) is 24.5. The maximum atomic E-state index is 12.4. The zero-order valence-electron chi connectivity index (χ0n) is 20.8. The van der Waals surface area contributed by atoms with Crippen LogP contribution in [0.2, 0.25) is 0 Å². The normalized spacial score (nSPS) is 11.9. The van der Waals surface area contributed by atoms with Crippen LogP contribution in [-0.2, 0) is 0 Å². The van der Waals surface area contributed by atoms with Crippen molar-refractivity contribution in [3.8, 4) is 11.5 Å². The Balaban J connectivity index is 1.19. The van der Waals surface area contributed by atoms with Gasteiger partial charge >= 0.3 is 0 Å². The number of carbonyl (C=O) groups excluding carboxylic acids is 2. The summed E-state index contributed by atoms with van der Waals surface area (Å²) < 4.78 is 11.3. The third kappa shape index (κ3) is 8.15. The van der Waals surface area contributed by atoms with Gasteiger partial charge in [0, 0.05) is 11.1 Å². The molecule has 0 fully saturated rings.